The summed E-state index contributed by atoms with van der Waals surface area (Å²) in [6.45, 7) is 5.09. The fourth-order valence-electron chi connectivity index (χ4n) is 4.05. The minimum Gasteiger partial charge on any atom is -0.496 e. The summed E-state index contributed by atoms with van der Waals surface area (Å²) in [4.78, 5) is 16.8. The van der Waals surface area contributed by atoms with Gasteiger partial charge in [0.25, 0.3) is 5.91 Å². The number of fused-ring (bicyclic) bond motifs is 1. The highest BCUT2D eigenvalue weighted by atomic mass is 19.3. The Hall–Kier alpha value is -2.96. The number of rotatable bonds is 4. The minimum atomic E-state index is -2.17. The highest BCUT2D eigenvalue weighted by molar-refractivity contribution is 5.99. The van der Waals surface area contributed by atoms with Crippen LogP contribution in [0.2, 0.25) is 0 Å². The maximum Gasteiger partial charge on any atom is 0.255 e. The van der Waals surface area contributed by atoms with E-state index < -0.39 is 6.43 Å². The summed E-state index contributed by atoms with van der Waals surface area (Å²) in [5.74, 6) is 0.422. The van der Waals surface area contributed by atoms with Crippen molar-refractivity contribution in [2.75, 3.05) is 14.2 Å². The number of methoxy groups -OCH3 is 1. The maximum absolute atomic E-state index is 12.2. The van der Waals surface area contributed by atoms with Gasteiger partial charge >= 0.3 is 0 Å². The Morgan fingerprint density at radius 3 is 2.52 bits per heavy atom. The highest BCUT2D eigenvalue weighted by Crippen LogP contribution is 2.43. The Balaban J connectivity index is 0.000000628. The summed E-state index contributed by atoms with van der Waals surface area (Å²) in [7, 11) is 3.21. The second kappa shape index (κ2) is 9.04. The van der Waals surface area contributed by atoms with E-state index in [1.54, 1.807) is 14.2 Å². The van der Waals surface area contributed by atoms with E-state index >= 15 is 0 Å². The average Bonchev–Trinajstić information content (AvgIpc) is 3.13. The molecule has 1 N–H and O–H groups in total. The minimum absolute atomic E-state index is 0.146. The van der Waals surface area contributed by atoms with Crippen molar-refractivity contribution in [3.05, 3.63) is 53.3 Å². The van der Waals surface area contributed by atoms with Crippen molar-refractivity contribution in [2.24, 2.45) is 0 Å². The molecular formula is C24H29F2N3O2. The van der Waals surface area contributed by atoms with E-state index in [1.165, 1.54) is 24.8 Å². The Labute approximate surface area is 181 Å². The SMILES string of the molecule is CC(F)F.CNC(=O)c1c(C)cc(-c2cnc3cc(C4(C)CCC4)ccn23)cc1OC. The molecule has 0 radical (unpaired) electrons. The fraction of sp³-hybridized carbons (Fsp3) is 0.417. The van der Waals surface area contributed by atoms with Crippen LogP contribution in [0.15, 0.2) is 36.7 Å². The van der Waals surface area contributed by atoms with Crippen molar-refractivity contribution in [1.82, 2.24) is 14.7 Å². The van der Waals surface area contributed by atoms with Crippen LogP contribution in [0.1, 0.15) is 54.6 Å². The van der Waals surface area contributed by atoms with Gasteiger partial charge in [-0.25, -0.2) is 13.8 Å². The number of alkyl halides is 2. The number of nitrogens with one attached hydrogen (secondary N) is 1. The number of benzene rings is 1. The molecule has 1 aromatic carbocycles. The standard InChI is InChI=1S/C22H25N3O2.C2H4F2/c1-14-10-15(11-18(27-4)20(14)21(26)23-3)17-13-24-19-12-16(6-9-25(17)19)22(2)7-5-8-22;1-2(3)4/h6,9-13H,5,7-8H2,1-4H3,(H,23,26);2H,1H3. The van der Waals surface area contributed by atoms with E-state index in [4.69, 9.17) is 4.74 Å². The number of ether oxygens (including phenoxy) is 1. The molecule has 1 amide bonds. The lowest BCUT2D eigenvalue weighted by atomic mass is 9.66. The van der Waals surface area contributed by atoms with Crippen molar-refractivity contribution in [2.45, 2.75) is 51.9 Å². The van der Waals surface area contributed by atoms with E-state index in [0.29, 0.717) is 16.7 Å². The average molecular weight is 430 g/mol. The van der Waals surface area contributed by atoms with Crippen LogP contribution >= 0.6 is 0 Å². The van der Waals surface area contributed by atoms with Crippen LogP contribution in [0.25, 0.3) is 16.9 Å². The van der Waals surface area contributed by atoms with Gasteiger partial charge in [-0.05, 0) is 67.5 Å². The number of carbonyl (C=O) groups is 1. The van der Waals surface area contributed by atoms with Gasteiger partial charge < -0.3 is 10.1 Å². The van der Waals surface area contributed by atoms with Crippen molar-refractivity contribution >= 4 is 11.6 Å². The number of aryl methyl sites for hydroxylation is 1. The summed E-state index contributed by atoms with van der Waals surface area (Å²) >= 11 is 0. The Morgan fingerprint density at radius 1 is 1.29 bits per heavy atom. The fourth-order valence-corrected chi connectivity index (χ4v) is 4.05. The molecule has 0 aliphatic heterocycles. The molecule has 2 aromatic heterocycles. The monoisotopic (exact) mass is 429 g/mol. The quantitative estimate of drug-likeness (QED) is 0.605. The number of carbonyl (C=O) groups excluding carboxylic acids is 1. The summed E-state index contributed by atoms with van der Waals surface area (Å²) in [6, 6.07) is 8.33. The molecule has 2 heterocycles. The van der Waals surface area contributed by atoms with Gasteiger partial charge in [-0.15, -0.1) is 0 Å². The zero-order valence-electron chi connectivity index (χ0n) is 18.6. The normalized spacial score (nSPS) is 14.6. The second-order valence-corrected chi connectivity index (χ2v) is 8.17. The molecule has 31 heavy (non-hydrogen) atoms. The number of hydrogen-bond donors (Lipinski definition) is 1. The number of aromatic nitrogens is 2. The number of halogens is 2. The Bertz CT molecular complexity index is 1090. The third-order valence-electron chi connectivity index (χ3n) is 5.94. The molecule has 0 atom stereocenters. The van der Waals surface area contributed by atoms with Crippen LogP contribution in [-0.2, 0) is 5.41 Å². The first kappa shape index (κ1) is 22.7. The van der Waals surface area contributed by atoms with Crippen molar-refractivity contribution < 1.29 is 18.3 Å². The molecule has 1 aliphatic rings. The van der Waals surface area contributed by atoms with Crippen molar-refractivity contribution in [3.63, 3.8) is 0 Å². The van der Waals surface area contributed by atoms with Gasteiger partial charge in [0.05, 0.1) is 24.6 Å². The molecule has 0 spiro atoms. The van der Waals surface area contributed by atoms with Crippen LogP contribution < -0.4 is 10.1 Å². The molecule has 1 fully saturated rings. The lowest BCUT2D eigenvalue weighted by Crippen LogP contribution is -2.30. The summed E-state index contributed by atoms with van der Waals surface area (Å²) in [6.07, 6.45) is 5.61. The molecule has 5 nitrogen and oxygen atoms in total. The summed E-state index contributed by atoms with van der Waals surface area (Å²) < 4.78 is 28.3. The smallest absolute Gasteiger partial charge is 0.255 e. The van der Waals surface area contributed by atoms with Crippen LogP contribution in [0.3, 0.4) is 0 Å². The lowest BCUT2D eigenvalue weighted by molar-refractivity contribution is 0.0959. The van der Waals surface area contributed by atoms with Gasteiger partial charge in [0.2, 0.25) is 6.43 Å². The number of pyridine rings is 1. The number of amides is 1. The van der Waals surface area contributed by atoms with Gasteiger partial charge in [-0.2, -0.15) is 0 Å². The van der Waals surface area contributed by atoms with Crippen LogP contribution in [0.5, 0.6) is 5.75 Å². The Kier molecular flexibility index (Phi) is 6.62. The molecule has 1 aliphatic carbocycles. The first-order valence-electron chi connectivity index (χ1n) is 10.4. The van der Waals surface area contributed by atoms with E-state index in [0.717, 1.165) is 29.4 Å². The molecule has 0 unspecified atom stereocenters. The number of hydrogen-bond acceptors (Lipinski definition) is 3. The maximum atomic E-state index is 12.2. The largest absolute Gasteiger partial charge is 0.496 e. The van der Waals surface area contributed by atoms with E-state index in [1.807, 2.05) is 25.3 Å². The Morgan fingerprint density at radius 2 is 1.97 bits per heavy atom. The van der Waals surface area contributed by atoms with E-state index in [9.17, 15) is 13.6 Å². The van der Waals surface area contributed by atoms with Gasteiger partial charge in [0.1, 0.15) is 11.4 Å². The van der Waals surface area contributed by atoms with Gasteiger partial charge in [-0.3, -0.25) is 9.20 Å². The second-order valence-electron chi connectivity index (χ2n) is 8.17. The van der Waals surface area contributed by atoms with Crippen LogP contribution in [0, 0.1) is 6.92 Å². The van der Waals surface area contributed by atoms with Gasteiger partial charge in [0, 0.05) is 18.8 Å². The van der Waals surface area contributed by atoms with Crippen LogP contribution in [0.4, 0.5) is 8.78 Å². The predicted molar refractivity (Wildman–Crippen MR) is 118 cm³/mol. The molecule has 4 rings (SSSR count). The highest BCUT2D eigenvalue weighted by Gasteiger charge is 2.33. The van der Waals surface area contributed by atoms with Crippen LogP contribution in [-0.4, -0.2) is 35.9 Å². The van der Waals surface area contributed by atoms with Crippen molar-refractivity contribution in [1.29, 1.82) is 0 Å². The first-order valence-corrected chi connectivity index (χ1v) is 10.4. The molecular weight excluding hydrogens is 400 g/mol. The molecule has 0 saturated heterocycles. The van der Waals surface area contributed by atoms with E-state index in [-0.39, 0.29) is 5.91 Å². The molecule has 0 bridgehead atoms. The molecule has 7 heteroatoms. The predicted octanol–water partition coefficient (Wildman–Crippen LogP) is 5.39. The van der Waals surface area contributed by atoms with Gasteiger partial charge in [-0.1, -0.05) is 13.3 Å². The first-order chi connectivity index (χ1) is 14.7. The van der Waals surface area contributed by atoms with Gasteiger partial charge in [0.15, 0.2) is 0 Å². The third kappa shape index (κ3) is 4.55. The lowest BCUT2D eigenvalue weighted by Gasteiger charge is -2.38. The molecule has 1 saturated carbocycles. The van der Waals surface area contributed by atoms with E-state index in [2.05, 4.69) is 40.0 Å². The number of nitrogens with zero attached hydrogens (tertiary/aromatic N) is 2. The number of imidazole rings is 1. The third-order valence-corrected chi connectivity index (χ3v) is 5.94. The zero-order valence-corrected chi connectivity index (χ0v) is 18.6. The summed E-state index contributed by atoms with van der Waals surface area (Å²) in [5, 5.41) is 2.68. The van der Waals surface area contributed by atoms with Crippen molar-refractivity contribution in [3.8, 4) is 17.0 Å². The molecule has 166 valence electrons. The zero-order chi connectivity index (χ0) is 22.8. The molecule has 3 aromatic rings. The topological polar surface area (TPSA) is 55.6 Å². The summed E-state index contributed by atoms with van der Waals surface area (Å²) in [5.41, 5.74) is 6.01.